The number of aliphatic hydroxyl groups is 1. The van der Waals surface area contributed by atoms with Gasteiger partial charge in [0.1, 0.15) is 5.69 Å². The highest BCUT2D eigenvalue weighted by atomic mass is 79.9. The molecule has 2 unspecified atom stereocenters. The number of aliphatic hydroxyl groups excluding tert-OH is 1. The van der Waals surface area contributed by atoms with Crippen LogP contribution in [0.4, 0.5) is 0 Å². The molecule has 1 amide bonds. The summed E-state index contributed by atoms with van der Waals surface area (Å²) in [5.41, 5.74) is 0.436. The Labute approximate surface area is 115 Å². The number of rotatable bonds is 2. The smallest absolute Gasteiger partial charge is 0.272 e. The van der Waals surface area contributed by atoms with Crippen molar-refractivity contribution in [3.05, 3.63) is 28.5 Å². The number of nitrogens with zero attached hydrogens (tertiary/aromatic N) is 2. The number of halogens is 1. The van der Waals surface area contributed by atoms with Crippen molar-refractivity contribution in [2.24, 2.45) is 5.92 Å². The van der Waals surface area contributed by atoms with E-state index in [1.54, 1.807) is 17.2 Å². The molecular formula is C13H17BrN2O2. The van der Waals surface area contributed by atoms with Crippen molar-refractivity contribution in [2.75, 3.05) is 13.2 Å². The monoisotopic (exact) mass is 312 g/mol. The molecular weight excluding hydrogens is 296 g/mol. The second kappa shape index (κ2) is 5.80. The van der Waals surface area contributed by atoms with Crippen LogP contribution in [0, 0.1) is 5.92 Å². The van der Waals surface area contributed by atoms with Crippen LogP contribution in [0.3, 0.4) is 0 Å². The van der Waals surface area contributed by atoms with Crippen LogP contribution in [0.2, 0.25) is 0 Å². The van der Waals surface area contributed by atoms with Crippen LogP contribution in [0.25, 0.3) is 0 Å². The van der Waals surface area contributed by atoms with Crippen molar-refractivity contribution < 1.29 is 9.90 Å². The number of hydrogen-bond acceptors (Lipinski definition) is 3. The molecule has 1 N–H and O–H groups in total. The van der Waals surface area contributed by atoms with Crippen LogP contribution < -0.4 is 0 Å². The Bertz CT molecular complexity index is 422. The topological polar surface area (TPSA) is 53.4 Å². The first-order valence-corrected chi connectivity index (χ1v) is 6.96. The largest absolute Gasteiger partial charge is 0.394 e. The summed E-state index contributed by atoms with van der Waals surface area (Å²) in [6, 6.07) is 3.43. The SMILES string of the molecule is CC1CCCN(C(=O)c2ccc(Br)cn2)C1CO. The van der Waals surface area contributed by atoms with Crippen LogP contribution >= 0.6 is 15.9 Å². The predicted octanol–water partition coefficient (Wildman–Crippen LogP) is 2.08. The third-order valence-corrected chi connectivity index (χ3v) is 3.98. The molecule has 1 fully saturated rings. The Morgan fingerprint density at radius 1 is 1.61 bits per heavy atom. The second-order valence-corrected chi connectivity index (χ2v) is 5.65. The summed E-state index contributed by atoms with van der Waals surface area (Å²) in [5, 5.41) is 9.45. The first-order chi connectivity index (χ1) is 8.63. The van der Waals surface area contributed by atoms with Crippen molar-refractivity contribution in [3.63, 3.8) is 0 Å². The molecule has 5 heteroatoms. The molecule has 0 bridgehead atoms. The minimum absolute atomic E-state index is 0.0173. The quantitative estimate of drug-likeness (QED) is 0.909. The molecule has 18 heavy (non-hydrogen) atoms. The minimum Gasteiger partial charge on any atom is -0.394 e. The number of piperidine rings is 1. The van der Waals surface area contributed by atoms with Crippen molar-refractivity contribution in [3.8, 4) is 0 Å². The van der Waals surface area contributed by atoms with Gasteiger partial charge in [-0.1, -0.05) is 6.92 Å². The zero-order chi connectivity index (χ0) is 13.1. The van der Waals surface area contributed by atoms with Gasteiger partial charge in [0.05, 0.1) is 12.6 Å². The zero-order valence-corrected chi connectivity index (χ0v) is 11.9. The van der Waals surface area contributed by atoms with E-state index >= 15 is 0 Å². The Morgan fingerprint density at radius 3 is 3.00 bits per heavy atom. The molecule has 1 aromatic heterocycles. The van der Waals surface area contributed by atoms with Crippen molar-refractivity contribution >= 4 is 21.8 Å². The summed E-state index contributed by atoms with van der Waals surface area (Å²) >= 11 is 3.30. The predicted molar refractivity (Wildman–Crippen MR) is 72.2 cm³/mol. The fourth-order valence-corrected chi connectivity index (χ4v) is 2.66. The van der Waals surface area contributed by atoms with Gasteiger partial charge in [0.25, 0.3) is 5.91 Å². The van der Waals surface area contributed by atoms with E-state index in [0.717, 1.165) is 17.3 Å². The summed E-state index contributed by atoms with van der Waals surface area (Å²) in [4.78, 5) is 18.2. The molecule has 1 aromatic rings. The van der Waals surface area contributed by atoms with Crippen LogP contribution in [0.5, 0.6) is 0 Å². The van der Waals surface area contributed by atoms with Crippen LogP contribution in [-0.2, 0) is 0 Å². The molecule has 1 aliphatic rings. The molecule has 4 nitrogen and oxygen atoms in total. The van der Waals surface area contributed by atoms with Gasteiger partial charge in [0, 0.05) is 17.2 Å². The Kier molecular flexibility index (Phi) is 4.35. The average Bonchev–Trinajstić information content (AvgIpc) is 2.38. The van der Waals surface area contributed by atoms with E-state index in [-0.39, 0.29) is 18.6 Å². The maximum atomic E-state index is 12.4. The minimum atomic E-state index is -0.0897. The summed E-state index contributed by atoms with van der Waals surface area (Å²) < 4.78 is 0.852. The molecule has 0 aliphatic carbocycles. The lowest BCUT2D eigenvalue weighted by atomic mass is 9.91. The molecule has 1 aliphatic heterocycles. The number of aromatic nitrogens is 1. The molecule has 2 heterocycles. The lowest BCUT2D eigenvalue weighted by Gasteiger charge is -2.38. The fraction of sp³-hybridized carbons (Fsp3) is 0.538. The average molecular weight is 313 g/mol. The van der Waals surface area contributed by atoms with Gasteiger partial charge in [-0.2, -0.15) is 0 Å². The first-order valence-electron chi connectivity index (χ1n) is 6.17. The van der Waals surface area contributed by atoms with Gasteiger partial charge in [-0.25, -0.2) is 4.98 Å². The molecule has 98 valence electrons. The Hall–Kier alpha value is -0.940. The van der Waals surface area contributed by atoms with E-state index in [1.165, 1.54) is 0 Å². The number of carbonyl (C=O) groups excluding carboxylic acids is 1. The molecule has 0 saturated carbocycles. The van der Waals surface area contributed by atoms with E-state index in [9.17, 15) is 9.90 Å². The maximum Gasteiger partial charge on any atom is 0.272 e. The summed E-state index contributed by atoms with van der Waals surface area (Å²) in [5.74, 6) is 0.247. The molecule has 0 aromatic carbocycles. The zero-order valence-electron chi connectivity index (χ0n) is 10.3. The van der Waals surface area contributed by atoms with E-state index in [2.05, 4.69) is 27.8 Å². The third-order valence-electron chi connectivity index (χ3n) is 3.51. The molecule has 0 radical (unpaired) electrons. The van der Waals surface area contributed by atoms with Crippen molar-refractivity contribution in [1.82, 2.24) is 9.88 Å². The summed E-state index contributed by atoms with van der Waals surface area (Å²) in [7, 11) is 0. The fourth-order valence-electron chi connectivity index (χ4n) is 2.43. The number of carbonyl (C=O) groups is 1. The lowest BCUT2D eigenvalue weighted by Crippen LogP contribution is -2.49. The Morgan fingerprint density at radius 2 is 2.39 bits per heavy atom. The van der Waals surface area contributed by atoms with E-state index in [0.29, 0.717) is 18.2 Å². The van der Waals surface area contributed by atoms with E-state index in [1.807, 2.05) is 6.07 Å². The van der Waals surface area contributed by atoms with Gasteiger partial charge in [0.15, 0.2) is 0 Å². The number of hydrogen-bond donors (Lipinski definition) is 1. The van der Waals surface area contributed by atoms with Gasteiger partial charge >= 0.3 is 0 Å². The summed E-state index contributed by atoms with van der Waals surface area (Å²) in [6.07, 6.45) is 3.66. The highest BCUT2D eigenvalue weighted by Gasteiger charge is 2.32. The lowest BCUT2D eigenvalue weighted by molar-refractivity contribution is 0.0353. The highest BCUT2D eigenvalue weighted by Crippen LogP contribution is 2.24. The van der Waals surface area contributed by atoms with Crippen molar-refractivity contribution in [1.29, 1.82) is 0 Å². The second-order valence-electron chi connectivity index (χ2n) is 4.73. The van der Waals surface area contributed by atoms with Crippen LogP contribution in [0.15, 0.2) is 22.8 Å². The van der Waals surface area contributed by atoms with Gasteiger partial charge in [-0.15, -0.1) is 0 Å². The van der Waals surface area contributed by atoms with Crippen molar-refractivity contribution in [2.45, 2.75) is 25.8 Å². The molecule has 0 spiro atoms. The normalized spacial score (nSPS) is 24.1. The highest BCUT2D eigenvalue weighted by molar-refractivity contribution is 9.10. The van der Waals surface area contributed by atoms with E-state index in [4.69, 9.17) is 0 Å². The molecule has 2 rings (SSSR count). The van der Waals surface area contributed by atoms with Crippen LogP contribution in [-0.4, -0.2) is 40.1 Å². The number of amides is 1. The van der Waals surface area contributed by atoms with Gasteiger partial charge in [-0.05, 0) is 46.8 Å². The van der Waals surface area contributed by atoms with Gasteiger partial charge < -0.3 is 10.0 Å². The molecule has 1 saturated heterocycles. The van der Waals surface area contributed by atoms with Gasteiger partial charge in [-0.3, -0.25) is 4.79 Å². The Balaban J connectivity index is 2.18. The standard InChI is InChI=1S/C13H17BrN2O2/c1-9-3-2-6-16(12(9)8-17)13(18)11-5-4-10(14)7-15-11/h4-5,7,9,12,17H,2-3,6,8H2,1H3. The first kappa shape index (κ1) is 13.5. The molecule has 2 atom stereocenters. The maximum absolute atomic E-state index is 12.4. The van der Waals surface area contributed by atoms with Crippen LogP contribution in [0.1, 0.15) is 30.3 Å². The van der Waals surface area contributed by atoms with Gasteiger partial charge in [0.2, 0.25) is 0 Å². The number of pyridine rings is 1. The summed E-state index contributed by atoms with van der Waals surface area (Å²) in [6.45, 7) is 2.80. The number of likely N-dealkylation sites (tertiary alicyclic amines) is 1. The third kappa shape index (κ3) is 2.72. The van der Waals surface area contributed by atoms with E-state index < -0.39 is 0 Å².